The Labute approximate surface area is 183 Å². The molecular weight excluding hydrogens is 469 g/mol. The minimum atomic E-state index is 0. The predicted molar refractivity (Wildman–Crippen MR) is 123 cm³/mol. The van der Waals surface area contributed by atoms with Gasteiger partial charge in [-0.3, -0.25) is 4.99 Å². The smallest absolute Gasteiger partial charge is 0.191 e. The van der Waals surface area contributed by atoms with Gasteiger partial charge in [0.25, 0.3) is 0 Å². The Kier molecular flexibility index (Phi) is 9.19. The van der Waals surface area contributed by atoms with Gasteiger partial charge >= 0.3 is 0 Å². The fourth-order valence-corrected chi connectivity index (χ4v) is 2.76. The summed E-state index contributed by atoms with van der Waals surface area (Å²) in [6.07, 6.45) is 0.872. The van der Waals surface area contributed by atoms with Gasteiger partial charge < -0.3 is 24.8 Å². The third-order valence-electron chi connectivity index (χ3n) is 4.22. The van der Waals surface area contributed by atoms with Crippen LogP contribution in [0.15, 0.2) is 47.5 Å². The summed E-state index contributed by atoms with van der Waals surface area (Å²) in [7, 11) is 1.76. The standard InChI is InChI=1S/C21H27N3O3.HI/c1-16-3-6-18(7-4-16)25-12-11-24-21(22-2)23-10-9-17-5-8-19-20(15-17)27-14-13-26-19;/h3-8,15H,9-14H2,1-2H3,(H2,22,23,24);1H. The number of benzene rings is 2. The molecule has 0 unspecified atom stereocenters. The number of rotatable bonds is 7. The third-order valence-corrected chi connectivity index (χ3v) is 4.22. The zero-order valence-electron chi connectivity index (χ0n) is 16.4. The van der Waals surface area contributed by atoms with E-state index in [1.54, 1.807) is 7.05 Å². The van der Waals surface area contributed by atoms with Crippen LogP contribution in [0.1, 0.15) is 11.1 Å². The third kappa shape index (κ3) is 6.78. The topological polar surface area (TPSA) is 64.1 Å². The number of halogens is 1. The summed E-state index contributed by atoms with van der Waals surface area (Å²) in [4.78, 5) is 4.24. The van der Waals surface area contributed by atoms with E-state index in [9.17, 15) is 0 Å². The van der Waals surface area contributed by atoms with E-state index >= 15 is 0 Å². The largest absolute Gasteiger partial charge is 0.492 e. The summed E-state index contributed by atoms with van der Waals surface area (Å²) in [5, 5.41) is 6.57. The first kappa shape index (κ1) is 22.1. The molecule has 0 radical (unpaired) electrons. The maximum absolute atomic E-state index is 5.71. The molecule has 0 fully saturated rings. The molecule has 0 saturated carbocycles. The molecule has 3 rings (SSSR count). The highest BCUT2D eigenvalue weighted by Gasteiger charge is 2.11. The van der Waals surface area contributed by atoms with Crippen LogP contribution in [0.5, 0.6) is 17.2 Å². The Morgan fingerprint density at radius 3 is 2.46 bits per heavy atom. The van der Waals surface area contributed by atoms with E-state index in [0.717, 1.165) is 36.2 Å². The van der Waals surface area contributed by atoms with Gasteiger partial charge in [0.2, 0.25) is 0 Å². The number of nitrogens with zero attached hydrogens (tertiary/aromatic N) is 1. The van der Waals surface area contributed by atoms with Gasteiger partial charge in [-0.25, -0.2) is 0 Å². The second-order valence-electron chi connectivity index (χ2n) is 6.32. The molecule has 1 aliphatic heterocycles. The Morgan fingerprint density at radius 2 is 1.71 bits per heavy atom. The molecule has 2 aromatic rings. The van der Waals surface area contributed by atoms with Crippen LogP contribution >= 0.6 is 24.0 Å². The first-order valence-electron chi connectivity index (χ1n) is 9.27. The minimum Gasteiger partial charge on any atom is -0.492 e. The maximum atomic E-state index is 5.71. The van der Waals surface area contributed by atoms with Crippen molar-refractivity contribution in [2.24, 2.45) is 4.99 Å². The average Bonchev–Trinajstić information content (AvgIpc) is 2.71. The second-order valence-corrected chi connectivity index (χ2v) is 6.32. The van der Waals surface area contributed by atoms with E-state index in [2.05, 4.69) is 28.6 Å². The Morgan fingerprint density at radius 1 is 1.00 bits per heavy atom. The van der Waals surface area contributed by atoms with Crippen molar-refractivity contribution >= 4 is 29.9 Å². The average molecular weight is 497 g/mol. The van der Waals surface area contributed by atoms with Gasteiger partial charge in [0, 0.05) is 13.6 Å². The fourth-order valence-electron chi connectivity index (χ4n) is 2.76. The van der Waals surface area contributed by atoms with Crippen LogP contribution in [0, 0.1) is 6.92 Å². The molecule has 0 spiro atoms. The van der Waals surface area contributed by atoms with Crippen LogP contribution in [0.25, 0.3) is 0 Å². The van der Waals surface area contributed by atoms with Crippen molar-refractivity contribution in [2.75, 3.05) is 40.0 Å². The highest BCUT2D eigenvalue weighted by atomic mass is 127. The quantitative estimate of drug-likeness (QED) is 0.267. The fraction of sp³-hybridized carbons (Fsp3) is 0.381. The first-order chi connectivity index (χ1) is 13.2. The molecule has 0 bridgehead atoms. The molecule has 0 amide bonds. The summed E-state index contributed by atoms with van der Waals surface area (Å²) in [6, 6.07) is 14.1. The number of hydrogen-bond donors (Lipinski definition) is 2. The number of hydrogen-bond acceptors (Lipinski definition) is 4. The van der Waals surface area contributed by atoms with Crippen molar-refractivity contribution in [2.45, 2.75) is 13.3 Å². The summed E-state index contributed by atoms with van der Waals surface area (Å²) in [6.45, 7) is 5.31. The van der Waals surface area contributed by atoms with E-state index in [1.807, 2.05) is 36.4 Å². The highest BCUT2D eigenvalue weighted by molar-refractivity contribution is 14.0. The van der Waals surface area contributed by atoms with Crippen molar-refractivity contribution in [3.8, 4) is 17.2 Å². The molecular formula is C21H28IN3O3. The SMILES string of the molecule is CN=C(NCCOc1ccc(C)cc1)NCCc1ccc2c(c1)OCCO2.I. The minimum absolute atomic E-state index is 0. The van der Waals surface area contributed by atoms with Crippen LogP contribution in [-0.4, -0.2) is 45.9 Å². The van der Waals surface area contributed by atoms with Gasteiger partial charge in [0.1, 0.15) is 25.6 Å². The van der Waals surface area contributed by atoms with Gasteiger partial charge in [-0.15, -0.1) is 24.0 Å². The van der Waals surface area contributed by atoms with E-state index in [1.165, 1.54) is 11.1 Å². The molecule has 152 valence electrons. The zero-order chi connectivity index (χ0) is 18.9. The van der Waals surface area contributed by atoms with Gasteiger partial charge in [0.15, 0.2) is 17.5 Å². The van der Waals surface area contributed by atoms with Crippen molar-refractivity contribution in [3.05, 3.63) is 53.6 Å². The predicted octanol–water partition coefficient (Wildman–Crippen LogP) is 3.17. The van der Waals surface area contributed by atoms with Crippen LogP contribution in [0.2, 0.25) is 0 Å². The van der Waals surface area contributed by atoms with Crippen molar-refractivity contribution < 1.29 is 14.2 Å². The van der Waals surface area contributed by atoms with Gasteiger partial charge in [0.05, 0.1) is 6.54 Å². The number of guanidine groups is 1. The van der Waals surface area contributed by atoms with Gasteiger partial charge in [-0.2, -0.15) is 0 Å². The molecule has 0 saturated heterocycles. The van der Waals surface area contributed by atoms with E-state index in [0.29, 0.717) is 26.4 Å². The van der Waals surface area contributed by atoms with Crippen LogP contribution < -0.4 is 24.8 Å². The summed E-state index contributed by atoms with van der Waals surface area (Å²) < 4.78 is 16.9. The molecule has 28 heavy (non-hydrogen) atoms. The molecule has 2 aromatic carbocycles. The highest BCUT2D eigenvalue weighted by Crippen LogP contribution is 2.30. The molecule has 7 heteroatoms. The Bertz CT molecular complexity index is 766. The molecule has 0 aromatic heterocycles. The lowest BCUT2D eigenvalue weighted by Crippen LogP contribution is -2.40. The van der Waals surface area contributed by atoms with Crippen molar-refractivity contribution in [3.63, 3.8) is 0 Å². The molecule has 0 atom stereocenters. The van der Waals surface area contributed by atoms with Gasteiger partial charge in [-0.05, 0) is 43.2 Å². The molecule has 6 nitrogen and oxygen atoms in total. The molecule has 2 N–H and O–H groups in total. The van der Waals surface area contributed by atoms with E-state index in [4.69, 9.17) is 14.2 Å². The number of aryl methyl sites for hydroxylation is 1. The lowest BCUT2D eigenvalue weighted by molar-refractivity contribution is 0.171. The number of aliphatic imine (C=N–C) groups is 1. The monoisotopic (exact) mass is 497 g/mol. The molecule has 1 aliphatic rings. The van der Waals surface area contributed by atoms with Gasteiger partial charge in [-0.1, -0.05) is 23.8 Å². The number of nitrogens with one attached hydrogen (secondary N) is 2. The van der Waals surface area contributed by atoms with E-state index in [-0.39, 0.29) is 24.0 Å². The van der Waals surface area contributed by atoms with Crippen LogP contribution in [0.4, 0.5) is 0 Å². The normalized spacial score (nSPS) is 12.7. The second kappa shape index (κ2) is 11.6. The summed E-state index contributed by atoms with van der Waals surface area (Å²) in [5.74, 6) is 3.29. The number of fused-ring (bicyclic) bond motifs is 1. The Hall–Kier alpha value is -2.16. The maximum Gasteiger partial charge on any atom is 0.191 e. The summed E-state index contributed by atoms with van der Waals surface area (Å²) in [5.41, 5.74) is 2.42. The van der Waals surface area contributed by atoms with Crippen LogP contribution in [0.3, 0.4) is 0 Å². The summed E-state index contributed by atoms with van der Waals surface area (Å²) >= 11 is 0. The number of ether oxygens (including phenoxy) is 3. The van der Waals surface area contributed by atoms with E-state index < -0.39 is 0 Å². The molecule has 1 heterocycles. The lowest BCUT2D eigenvalue weighted by atomic mass is 10.1. The van der Waals surface area contributed by atoms with Crippen molar-refractivity contribution in [1.29, 1.82) is 0 Å². The van der Waals surface area contributed by atoms with Crippen molar-refractivity contribution in [1.82, 2.24) is 10.6 Å². The molecule has 0 aliphatic carbocycles. The zero-order valence-corrected chi connectivity index (χ0v) is 18.7. The Balaban J connectivity index is 0.00000280. The van der Waals surface area contributed by atoms with Crippen LogP contribution in [-0.2, 0) is 6.42 Å². The lowest BCUT2D eigenvalue weighted by Gasteiger charge is -2.19. The first-order valence-corrected chi connectivity index (χ1v) is 9.27.